The summed E-state index contributed by atoms with van der Waals surface area (Å²) in [7, 11) is 1.75. The molecule has 5 atom stereocenters. The molecular formula is C24H35N3O4. The Morgan fingerprint density at radius 1 is 1.39 bits per heavy atom. The van der Waals surface area contributed by atoms with Gasteiger partial charge in [-0.3, -0.25) is 4.79 Å². The van der Waals surface area contributed by atoms with Crippen LogP contribution in [0.4, 0.5) is 4.79 Å². The number of likely N-dealkylation sites (tertiary alicyclic amines) is 1. The summed E-state index contributed by atoms with van der Waals surface area (Å²) >= 11 is 0. The highest BCUT2D eigenvalue weighted by atomic mass is 16.5. The van der Waals surface area contributed by atoms with E-state index in [9.17, 15) is 9.59 Å². The van der Waals surface area contributed by atoms with Crippen molar-refractivity contribution in [2.45, 2.75) is 45.3 Å². The molecule has 0 aromatic heterocycles. The Morgan fingerprint density at radius 2 is 2.23 bits per heavy atom. The molecule has 3 amide bonds. The van der Waals surface area contributed by atoms with E-state index < -0.39 is 11.4 Å². The van der Waals surface area contributed by atoms with E-state index in [1.54, 1.807) is 12.0 Å². The van der Waals surface area contributed by atoms with E-state index in [-0.39, 0.29) is 17.9 Å². The molecule has 2 heterocycles. The Hall–Kier alpha value is -2.12. The van der Waals surface area contributed by atoms with Crippen LogP contribution < -0.4 is 11.1 Å². The smallest absolute Gasteiger partial charge is 0.314 e. The van der Waals surface area contributed by atoms with E-state index >= 15 is 0 Å². The molecule has 31 heavy (non-hydrogen) atoms. The van der Waals surface area contributed by atoms with Crippen molar-refractivity contribution in [3.63, 3.8) is 0 Å². The van der Waals surface area contributed by atoms with Crippen molar-refractivity contribution in [1.82, 2.24) is 10.2 Å². The molecule has 7 heteroatoms. The summed E-state index contributed by atoms with van der Waals surface area (Å²) in [6.45, 7) is 4.97. The molecule has 3 N–H and O–H groups in total. The van der Waals surface area contributed by atoms with Crippen LogP contribution in [0.5, 0.6) is 0 Å². The number of amides is 3. The van der Waals surface area contributed by atoms with Gasteiger partial charge in [-0.2, -0.15) is 0 Å². The number of nitrogens with zero attached hydrogens (tertiary/aromatic N) is 1. The fraction of sp³-hybridized carbons (Fsp3) is 0.667. The summed E-state index contributed by atoms with van der Waals surface area (Å²) in [5, 5.41) is 3.17. The van der Waals surface area contributed by atoms with E-state index in [1.807, 2.05) is 25.1 Å². The number of primary amides is 1. The number of methoxy groups -OCH3 is 1. The Bertz CT molecular complexity index is 816. The number of carbonyl (C=O) groups is 2. The van der Waals surface area contributed by atoms with Gasteiger partial charge in [0.2, 0.25) is 5.91 Å². The van der Waals surface area contributed by atoms with E-state index in [4.69, 9.17) is 15.2 Å². The summed E-state index contributed by atoms with van der Waals surface area (Å²) in [5.74, 6) is 1.12. The summed E-state index contributed by atoms with van der Waals surface area (Å²) < 4.78 is 11.2. The molecule has 0 bridgehead atoms. The fourth-order valence-electron chi connectivity index (χ4n) is 6.10. The maximum atomic E-state index is 13.5. The molecule has 170 valence electrons. The molecule has 0 radical (unpaired) electrons. The zero-order valence-electron chi connectivity index (χ0n) is 18.6. The number of rotatable bonds is 6. The van der Waals surface area contributed by atoms with Crippen molar-refractivity contribution in [1.29, 1.82) is 0 Å². The van der Waals surface area contributed by atoms with Crippen LogP contribution in [0, 0.1) is 30.1 Å². The number of hydrogen-bond acceptors (Lipinski definition) is 4. The first kappa shape index (κ1) is 22.1. The summed E-state index contributed by atoms with van der Waals surface area (Å²) in [4.78, 5) is 27.0. The lowest BCUT2D eigenvalue weighted by molar-refractivity contribution is -0.131. The normalized spacial score (nSPS) is 32.6. The van der Waals surface area contributed by atoms with E-state index in [0.29, 0.717) is 38.1 Å². The number of nitrogens with one attached hydrogen (secondary N) is 1. The highest BCUT2D eigenvalue weighted by Gasteiger charge is 2.58. The first-order valence-electron chi connectivity index (χ1n) is 11.4. The SMILES string of the molecule is COC1COCCC1C[C@@H]1C[C@H]2CN(C(N)=O)C[C@@]2(C(=O)NCc2cccc(C)c2)C1. The van der Waals surface area contributed by atoms with Gasteiger partial charge >= 0.3 is 6.03 Å². The number of benzene rings is 1. The first-order chi connectivity index (χ1) is 14.9. The topological polar surface area (TPSA) is 93.9 Å². The Kier molecular flexibility index (Phi) is 6.53. The van der Waals surface area contributed by atoms with Crippen LogP contribution in [0.1, 0.15) is 36.8 Å². The molecule has 2 saturated heterocycles. The van der Waals surface area contributed by atoms with Gasteiger partial charge in [0, 0.05) is 33.4 Å². The molecule has 3 aliphatic rings. The van der Waals surface area contributed by atoms with Gasteiger partial charge in [-0.1, -0.05) is 29.8 Å². The third-order valence-electron chi connectivity index (χ3n) is 7.65. The van der Waals surface area contributed by atoms with Gasteiger partial charge in [0.25, 0.3) is 0 Å². The van der Waals surface area contributed by atoms with Crippen LogP contribution in [0.2, 0.25) is 0 Å². The lowest BCUT2D eigenvalue weighted by Crippen LogP contribution is -2.45. The van der Waals surface area contributed by atoms with Crippen LogP contribution in [0.3, 0.4) is 0 Å². The fourth-order valence-corrected chi connectivity index (χ4v) is 6.10. The quantitative estimate of drug-likeness (QED) is 0.726. The summed E-state index contributed by atoms with van der Waals surface area (Å²) in [6.07, 6.45) is 3.92. The number of nitrogens with two attached hydrogens (primary N) is 1. The van der Waals surface area contributed by atoms with Gasteiger partial charge in [0.1, 0.15) is 0 Å². The van der Waals surface area contributed by atoms with Gasteiger partial charge in [0.15, 0.2) is 0 Å². The number of fused-ring (bicyclic) bond motifs is 1. The lowest BCUT2D eigenvalue weighted by Gasteiger charge is -2.33. The van der Waals surface area contributed by atoms with Crippen LogP contribution in [-0.2, 0) is 20.8 Å². The Labute approximate surface area is 184 Å². The van der Waals surface area contributed by atoms with Crippen LogP contribution >= 0.6 is 0 Å². The molecule has 1 aromatic carbocycles. The van der Waals surface area contributed by atoms with Crippen molar-refractivity contribution < 1.29 is 19.1 Å². The number of urea groups is 1. The highest BCUT2D eigenvalue weighted by Crippen LogP contribution is 2.53. The maximum Gasteiger partial charge on any atom is 0.314 e. The van der Waals surface area contributed by atoms with Crippen LogP contribution in [0.25, 0.3) is 0 Å². The van der Waals surface area contributed by atoms with E-state index in [2.05, 4.69) is 11.4 Å². The number of ether oxygens (including phenoxy) is 2. The standard InChI is InChI=1S/C24H35N3O4/c1-16-4-3-5-17(8-16)12-26-22(28)24-11-18(9-19-6-7-31-14-21(19)30-2)10-20(24)13-27(15-24)23(25)29/h3-5,8,18-21H,6-7,9-15H2,1-2H3,(H2,25,29)(H,26,28)/t18-,19?,20+,21?,24+/m1/s1. The summed E-state index contributed by atoms with van der Waals surface area (Å²) in [5.41, 5.74) is 7.31. The monoisotopic (exact) mass is 429 g/mol. The van der Waals surface area contributed by atoms with Gasteiger partial charge < -0.3 is 25.4 Å². The van der Waals surface area contributed by atoms with E-state index in [1.165, 1.54) is 5.56 Å². The largest absolute Gasteiger partial charge is 0.379 e. The Morgan fingerprint density at radius 3 is 2.97 bits per heavy atom. The average molecular weight is 430 g/mol. The minimum Gasteiger partial charge on any atom is -0.379 e. The number of hydrogen-bond donors (Lipinski definition) is 2. The second kappa shape index (κ2) is 9.17. The average Bonchev–Trinajstić information content (AvgIpc) is 3.27. The van der Waals surface area contributed by atoms with Crippen LogP contribution in [0.15, 0.2) is 24.3 Å². The van der Waals surface area contributed by atoms with E-state index in [0.717, 1.165) is 37.9 Å². The molecule has 1 aromatic rings. The van der Waals surface area contributed by atoms with Crippen molar-refractivity contribution in [3.05, 3.63) is 35.4 Å². The molecule has 4 rings (SSSR count). The number of aryl methyl sites for hydroxylation is 1. The molecule has 7 nitrogen and oxygen atoms in total. The van der Waals surface area contributed by atoms with Crippen molar-refractivity contribution >= 4 is 11.9 Å². The minimum absolute atomic E-state index is 0.0560. The van der Waals surface area contributed by atoms with Crippen LogP contribution in [-0.4, -0.2) is 56.4 Å². The maximum absolute atomic E-state index is 13.5. The molecule has 3 fully saturated rings. The third-order valence-corrected chi connectivity index (χ3v) is 7.65. The van der Waals surface area contributed by atoms with Gasteiger partial charge in [-0.05, 0) is 55.9 Å². The molecule has 0 spiro atoms. The molecule has 2 unspecified atom stereocenters. The van der Waals surface area contributed by atoms with Gasteiger partial charge in [-0.15, -0.1) is 0 Å². The minimum atomic E-state index is -0.544. The highest BCUT2D eigenvalue weighted by molar-refractivity contribution is 5.85. The van der Waals surface area contributed by atoms with Crippen molar-refractivity contribution in [2.75, 3.05) is 33.4 Å². The van der Waals surface area contributed by atoms with Gasteiger partial charge in [-0.25, -0.2) is 4.79 Å². The second-order valence-electron chi connectivity index (χ2n) is 9.68. The van der Waals surface area contributed by atoms with Crippen molar-refractivity contribution in [2.24, 2.45) is 28.9 Å². The zero-order valence-corrected chi connectivity index (χ0v) is 18.6. The zero-order chi connectivity index (χ0) is 22.0. The summed E-state index contributed by atoms with van der Waals surface area (Å²) in [6, 6.07) is 7.75. The Balaban J connectivity index is 1.46. The van der Waals surface area contributed by atoms with Gasteiger partial charge in [0.05, 0.1) is 18.1 Å². The number of carbonyl (C=O) groups excluding carboxylic acids is 2. The predicted octanol–water partition coefficient (Wildman–Crippen LogP) is 2.46. The lowest BCUT2D eigenvalue weighted by atomic mass is 9.78. The second-order valence-corrected chi connectivity index (χ2v) is 9.68. The third kappa shape index (κ3) is 4.58. The molecule has 2 aliphatic heterocycles. The molecule has 1 saturated carbocycles. The molecule has 1 aliphatic carbocycles. The van der Waals surface area contributed by atoms with Crippen molar-refractivity contribution in [3.8, 4) is 0 Å². The predicted molar refractivity (Wildman–Crippen MR) is 117 cm³/mol. The first-order valence-corrected chi connectivity index (χ1v) is 11.4. The molecular weight excluding hydrogens is 394 g/mol.